The van der Waals surface area contributed by atoms with E-state index in [4.69, 9.17) is 16.3 Å². The van der Waals surface area contributed by atoms with Gasteiger partial charge in [0, 0.05) is 56.1 Å². The van der Waals surface area contributed by atoms with E-state index >= 15 is 0 Å². The SMILES string of the molecule is O=C1CC2(CCN(C(=O)N3CCOCC3)CC2)CN1Cc1ccc(Cl)cc1. The average molecular weight is 392 g/mol. The second-order valence-electron chi connectivity index (χ2n) is 7.92. The first-order chi connectivity index (χ1) is 13.0. The summed E-state index contributed by atoms with van der Waals surface area (Å²) in [4.78, 5) is 31.0. The van der Waals surface area contributed by atoms with E-state index in [0.717, 1.165) is 38.0 Å². The lowest BCUT2D eigenvalue weighted by Gasteiger charge is -2.41. The van der Waals surface area contributed by atoms with Crippen LogP contribution in [0.5, 0.6) is 0 Å². The fourth-order valence-electron chi connectivity index (χ4n) is 4.40. The number of piperidine rings is 1. The van der Waals surface area contributed by atoms with Crippen LogP contribution in [0.15, 0.2) is 24.3 Å². The van der Waals surface area contributed by atoms with Crippen molar-refractivity contribution in [1.82, 2.24) is 14.7 Å². The van der Waals surface area contributed by atoms with Crippen molar-refractivity contribution in [3.63, 3.8) is 0 Å². The third kappa shape index (κ3) is 4.06. The molecule has 1 spiro atoms. The predicted molar refractivity (Wildman–Crippen MR) is 103 cm³/mol. The van der Waals surface area contributed by atoms with Crippen molar-refractivity contribution in [3.05, 3.63) is 34.9 Å². The van der Waals surface area contributed by atoms with Gasteiger partial charge < -0.3 is 19.4 Å². The first-order valence-electron chi connectivity index (χ1n) is 9.69. The second kappa shape index (κ2) is 7.68. The maximum absolute atomic E-state index is 12.7. The minimum Gasteiger partial charge on any atom is -0.378 e. The van der Waals surface area contributed by atoms with E-state index < -0.39 is 0 Å². The van der Waals surface area contributed by atoms with Gasteiger partial charge in [0.15, 0.2) is 0 Å². The van der Waals surface area contributed by atoms with Gasteiger partial charge in [0.25, 0.3) is 0 Å². The molecule has 0 bridgehead atoms. The van der Waals surface area contributed by atoms with Gasteiger partial charge in [-0.15, -0.1) is 0 Å². The molecule has 0 aliphatic carbocycles. The Morgan fingerprint density at radius 3 is 2.33 bits per heavy atom. The molecule has 4 rings (SSSR count). The fraction of sp³-hybridized carbons (Fsp3) is 0.600. The van der Waals surface area contributed by atoms with Crippen LogP contribution in [0.25, 0.3) is 0 Å². The molecule has 0 unspecified atom stereocenters. The Kier molecular flexibility index (Phi) is 5.28. The molecule has 3 heterocycles. The van der Waals surface area contributed by atoms with Crippen LogP contribution in [-0.4, -0.2) is 72.6 Å². The van der Waals surface area contributed by atoms with Gasteiger partial charge in [-0.25, -0.2) is 4.79 Å². The minimum absolute atomic E-state index is 0.0191. The molecule has 3 aliphatic rings. The number of carbonyl (C=O) groups is 2. The van der Waals surface area contributed by atoms with Gasteiger partial charge in [-0.05, 0) is 30.5 Å². The monoisotopic (exact) mass is 391 g/mol. The van der Waals surface area contributed by atoms with E-state index in [1.807, 2.05) is 39.0 Å². The quantitative estimate of drug-likeness (QED) is 0.778. The Morgan fingerprint density at radius 1 is 1.04 bits per heavy atom. The molecule has 6 nitrogen and oxygen atoms in total. The number of amides is 3. The number of halogens is 1. The zero-order chi connectivity index (χ0) is 18.9. The zero-order valence-corrected chi connectivity index (χ0v) is 16.3. The number of hydrogen-bond donors (Lipinski definition) is 0. The summed E-state index contributed by atoms with van der Waals surface area (Å²) in [7, 11) is 0. The first kappa shape index (κ1) is 18.6. The maximum atomic E-state index is 12.7. The zero-order valence-electron chi connectivity index (χ0n) is 15.5. The Labute approximate surface area is 165 Å². The first-order valence-corrected chi connectivity index (χ1v) is 10.1. The van der Waals surface area contributed by atoms with Crippen molar-refractivity contribution >= 4 is 23.5 Å². The lowest BCUT2D eigenvalue weighted by atomic mass is 9.77. The molecule has 0 radical (unpaired) electrons. The molecular weight excluding hydrogens is 366 g/mol. The van der Waals surface area contributed by atoms with E-state index in [1.165, 1.54) is 0 Å². The Balaban J connectivity index is 1.33. The van der Waals surface area contributed by atoms with E-state index in [9.17, 15) is 9.59 Å². The van der Waals surface area contributed by atoms with Crippen LogP contribution in [0.3, 0.4) is 0 Å². The number of hydrogen-bond acceptors (Lipinski definition) is 3. The molecule has 0 saturated carbocycles. The number of rotatable bonds is 2. The lowest BCUT2D eigenvalue weighted by Crippen LogP contribution is -2.52. The summed E-state index contributed by atoms with van der Waals surface area (Å²) in [6, 6.07) is 7.80. The Bertz CT molecular complexity index is 695. The Morgan fingerprint density at radius 2 is 1.67 bits per heavy atom. The number of benzene rings is 1. The number of likely N-dealkylation sites (tertiary alicyclic amines) is 2. The molecule has 7 heteroatoms. The van der Waals surface area contributed by atoms with Gasteiger partial charge in [0.2, 0.25) is 5.91 Å². The van der Waals surface area contributed by atoms with Gasteiger partial charge in [0.1, 0.15) is 0 Å². The number of nitrogens with zero attached hydrogens (tertiary/aromatic N) is 3. The van der Waals surface area contributed by atoms with Crippen molar-refractivity contribution in [3.8, 4) is 0 Å². The molecular formula is C20H26ClN3O3. The van der Waals surface area contributed by atoms with E-state index in [1.54, 1.807) is 0 Å². The maximum Gasteiger partial charge on any atom is 0.320 e. The lowest BCUT2D eigenvalue weighted by molar-refractivity contribution is -0.128. The van der Waals surface area contributed by atoms with Gasteiger partial charge in [-0.2, -0.15) is 0 Å². The third-order valence-corrected chi connectivity index (χ3v) is 6.32. The van der Waals surface area contributed by atoms with Crippen molar-refractivity contribution < 1.29 is 14.3 Å². The molecule has 1 aromatic rings. The fourth-order valence-corrected chi connectivity index (χ4v) is 4.52. The largest absolute Gasteiger partial charge is 0.378 e. The van der Waals surface area contributed by atoms with Crippen molar-refractivity contribution in [2.24, 2.45) is 5.41 Å². The molecule has 3 amide bonds. The van der Waals surface area contributed by atoms with Crippen molar-refractivity contribution in [2.75, 3.05) is 45.9 Å². The minimum atomic E-state index is 0.0191. The molecule has 0 aromatic heterocycles. The average Bonchev–Trinajstić information content (AvgIpc) is 2.99. The highest BCUT2D eigenvalue weighted by molar-refractivity contribution is 6.30. The molecule has 1 aromatic carbocycles. The summed E-state index contributed by atoms with van der Waals surface area (Å²) in [6.07, 6.45) is 2.39. The standard InChI is InChI=1S/C20H26ClN3O3/c21-17-3-1-16(2-4-17)14-24-15-20(13-18(24)25)5-7-22(8-6-20)19(26)23-9-11-27-12-10-23/h1-4H,5-15H2. The summed E-state index contributed by atoms with van der Waals surface area (Å²) >= 11 is 5.95. The van der Waals surface area contributed by atoms with E-state index in [0.29, 0.717) is 44.3 Å². The summed E-state index contributed by atoms with van der Waals surface area (Å²) < 4.78 is 5.33. The summed E-state index contributed by atoms with van der Waals surface area (Å²) in [5.41, 5.74) is 1.12. The normalized spacial score (nSPS) is 22.6. The molecule has 27 heavy (non-hydrogen) atoms. The third-order valence-electron chi connectivity index (χ3n) is 6.07. The highest BCUT2D eigenvalue weighted by Crippen LogP contribution is 2.41. The molecule has 0 atom stereocenters. The van der Waals surface area contributed by atoms with Crippen molar-refractivity contribution in [2.45, 2.75) is 25.8 Å². The van der Waals surface area contributed by atoms with Crippen LogP contribution < -0.4 is 0 Å². The van der Waals surface area contributed by atoms with Gasteiger partial charge in [-0.3, -0.25) is 4.79 Å². The van der Waals surface area contributed by atoms with Gasteiger partial charge in [0.05, 0.1) is 13.2 Å². The summed E-state index contributed by atoms with van der Waals surface area (Å²) in [6.45, 7) is 5.48. The van der Waals surface area contributed by atoms with E-state index in [-0.39, 0.29) is 17.4 Å². The molecule has 3 aliphatic heterocycles. The Hall–Kier alpha value is -1.79. The highest BCUT2D eigenvalue weighted by Gasteiger charge is 2.45. The number of ether oxygens (including phenoxy) is 1. The van der Waals surface area contributed by atoms with Crippen molar-refractivity contribution in [1.29, 1.82) is 0 Å². The predicted octanol–water partition coefficient (Wildman–Crippen LogP) is 2.61. The number of morpholine rings is 1. The van der Waals surface area contributed by atoms with Crippen LogP contribution in [-0.2, 0) is 16.1 Å². The van der Waals surface area contributed by atoms with Crippen LogP contribution in [0.2, 0.25) is 5.02 Å². The van der Waals surface area contributed by atoms with Crippen LogP contribution in [0, 0.1) is 5.41 Å². The summed E-state index contributed by atoms with van der Waals surface area (Å²) in [5, 5.41) is 0.709. The topological polar surface area (TPSA) is 53.1 Å². The smallest absolute Gasteiger partial charge is 0.320 e. The molecule has 3 fully saturated rings. The van der Waals surface area contributed by atoms with Crippen LogP contribution in [0.1, 0.15) is 24.8 Å². The summed E-state index contributed by atoms with van der Waals surface area (Å²) in [5.74, 6) is 0.220. The van der Waals surface area contributed by atoms with Gasteiger partial charge in [-0.1, -0.05) is 23.7 Å². The van der Waals surface area contributed by atoms with Gasteiger partial charge >= 0.3 is 6.03 Å². The highest BCUT2D eigenvalue weighted by atomic mass is 35.5. The van der Waals surface area contributed by atoms with Crippen LogP contribution in [0.4, 0.5) is 4.79 Å². The molecule has 146 valence electrons. The molecule has 3 saturated heterocycles. The number of urea groups is 1. The van der Waals surface area contributed by atoms with Crippen LogP contribution >= 0.6 is 11.6 Å². The molecule has 0 N–H and O–H groups in total. The second-order valence-corrected chi connectivity index (χ2v) is 8.36. The number of carbonyl (C=O) groups excluding carboxylic acids is 2. The van der Waals surface area contributed by atoms with E-state index in [2.05, 4.69) is 0 Å².